The van der Waals surface area contributed by atoms with Gasteiger partial charge in [-0.15, -0.1) is 0 Å². The monoisotopic (exact) mass is 174 g/mol. The van der Waals surface area contributed by atoms with Crippen LogP contribution in [0.15, 0.2) is 24.3 Å². The van der Waals surface area contributed by atoms with Gasteiger partial charge in [-0.25, -0.2) is 0 Å². The molecule has 0 saturated heterocycles. The summed E-state index contributed by atoms with van der Waals surface area (Å²) in [6.07, 6.45) is 1.40. The molecule has 0 amide bonds. The van der Waals surface area contributed by atoms with Crippen LogP contribution in [0.25, 0.3) is 0 Å². The van der Waals surface area contributed by atoms with Crippen LogP contribution >= 0.6 is 0 Å². The van der Waals surface area contributed by atoms with Crippen LogP contribution < -0.4 is 0 Å². The van der Waals surface area contributed by atoms with Crippen LogP contribution in [0.3, 0.4) is 0 Å². The maximum Gasteiger partial charge on any atom is -0.0128 e. The Hall–Kier alpha value is -0.780. The summed E-state index contributed by atoms with van der Waals surface area (Å²) < 4.78 is 0. The number of aryl methyl sites for hydroxylation is 1. The van der Waals surface area contributed by atoms with Gasteiger partial charge in [-0.2, -0.15) is 0 Å². The summed E-state index contributed by atoms with van der Waals surface area (Å²) in [5, 5.41) is 0. The Morgan fingerprint density at radius 2 is 1.77 bits per heavy atom. The Morgan fingerprint density at radius 1 is 1.15 bits per heavy atom. The van der Waals surface area contributed by atoms with Crippen molar-refractivity contribution >= 4 is 0 Å². The fourth-order valence-corrected chi connectivity index (χ4v) is 2.15. The third kappa shape index (κ3) is 1.77. The zero-order chi connectivity index (χ0) is 9.42. The van der Waals surface area contributed by atoms with Crippen molar-refractivity contribution in [3.05, 3.63) is 35.4 Å². The zero-order valence-corrected chi connectivity index (χ0v) is 8.75. The largest absolute Gasteiger partial charge is 0.0625 e. The van der Waals surface area contributed by atoms with Gasteiger partial charge < -0.3 is 0 Å². The first-order valence-corrected chi connectivity index (χ1v) is 5.25. The summed E-state index contributed by atoms with van der Waals surface area (Å²) >= 11 is 0. The molecule has 0 aromatic heterocycles. The molecule has 1 aromatic rings. The molecule has 1 aliphatic carbocycles. The normalized spacial score (nSPS) is 26.5. The number of benzene rings is 1. The molecule has 1 aromatic carbocycles. The summed E-state index contributed by atoms with van der Waals surface area (Å²) in [5.74, 6) is 2.66. The minimum Gasteiger partial charge on any atom is -0.0625 e. The average molecular weight is 174 g/mol. The highest BCUT2D eigenvalue weighted by Crippen LogP contribution is 2.51. The Labute approximate surface area is 81.0 Å². The molecular formula is C13H18. The van der Waals surface area contributed by atoms with Gasteiger partial charge in [0.25, 0.3) is 0 Å². The molecule has 0 nitrogen and oxygen atoms in total. The minimum absolute atomic E-state index is 0.853. The third-order valence-electron chi connectivity index (χ3n) is 3.20. The Bertz CT molecular complexity index is 281. The van der Waals surface area contributed by atoms with Crippen molar-refractivity contribution in [2.24, 2.45) is 11.8 Å². The Kier molecular flexibility index (Phi) is 2.15. The number of rotatable bonds is 2. The first-order valence-electron chi connectivity index (χ1n) is 5.25. The van der Waals surface area contributed by atoms with Crippen LogP contribution in [-0.2, 0) is 0 Å². The molecule has 0 radical (unpaired) electrons. The summed E-state index contributed by atoms with van der Waals surface area (Å²) in [4.78, 5) is 0. The molecule has 1 aliphatic rings. The molecule has 2 unspecified atom stereocenters. The molecule has 2 atom stereocenters. The van der Waals surface area contributed by atoms with Crippen molar-refractivity contribution in [1.82, 2.24) is 0 Å². The maximum absolute atomic E-state index is 2.33. The van der Waals surface area contributed by atoms with Crippen LogP contribution in [0.4, 0.5) is 0 Å². The van der Waals surface area contributed by atoms with Crippen LogP contribution in [0.2, 0.25) is 0 Å². The number of hydrogen-bond acceptors (Lipinski definition) is 0. The molecular weight excluding hydrogens is 156 g/mol. The van der Waals surface area contributed by atoms with Crippen molar-refractivity contribution < 1.29 is 0 Å². The smallest absolute Gasteiger partial charge is 0.0128 e. The van der Waals surface area contributed by atoms with E-state index in [0.717, 1.165) is 17.8 Å². The van der Waals surface area contributed by atoms with E-state index in [0.29, 0.717) is 0 Å². The first-order chi connectivity index (χ1) is 6.18. The van der Waals surface area contributed by atoms with Gasteiger partial charge in [0.2, 0.25) is 0 Å². The lowest BCUT2D eigenvalue weighted by molar-refractivity contribution is 0.549. The van der Waals surface area contributed by atoms with Gasteiger partial charge in [0.05, 0.1) is 0 Å². The number of hydrogen-bond donors (Lipinski definition) is 0. The van der Waals surface area contributed by atoms with E-state index < -0.39 is 0 Å². The molecule has 1 saturated carbocycles. The van der Waals surface area contributed by atoms with Gasteiger partial charge in [-0.1, -0.05) is 43.7 Å². The van der Waals surface area contributed by atoms with Crippen LogP contribution in [0.5, 0.6) is 0 Å². The van der Waals surface area contributed by atoms with E-state index >= 15 is 0 Å². The van der Waals surface area contributed by atoms with Gasteiger partial charge in [0.15, 0.2) is 0 Å². The molecule has 0 heterocycles. The topological polar surface area (TPSA) is 0 Å². The fraction of sp³-hybridized carbons (Fsp3) is 0.538. The van der Waals surface area contributed by atoms with Crippen LogP contribution in [0, 0.1) is 18.8 Å². The van der Waals surface area contributed by atoms with Gasteiger partial charge >= 0.3 is 0 Å². The van der Waals surface area contributed by atoms with Crippen LogP contribution in [0.1, 0.15) is 37.3 Å². The van der Waals surface area contributed by atoms with E-state index in [1.807, 2.05) is 0 Å². The van der Waals surface area contributed by atoms with Crippen LogP contribution in [-0.4, -0.2) is 0 Å². The van der Waals surface area contributed by atoms with Crippen molar-refractivity contribution in [2.45, 2.75) is 33.1 Å². The highest BCUT2D eigenvalue weighted by molar-refractivity contribution is 5.29. The first kappa shape index (κ1) is 8.80. The van der Waals surface area contributed by atoms with Gasteiger partial charge in [-0.3, -0.25) is 0 Å². The van der Waals surface area contributed by atoms with Crippen molar-refractivity contribution in [1.29, 1.82) is 0 Å². The quantitative estimate of drug-likeness (QED) is 0.640. The van der Waals surface area contributed by atoms with Crippen molar-refractivity contribution in [3.63, 3.8) is 0 Å². The summed E-state index contributed by atoms with van der Waals surface area (Å²) in [6.45, 7) is 6.81. The van der Waals surface area contributed by atoms with Gasteiger partial charge in [0, 0.05) is 0 Å². The lowest BCUT2D eigenvalue weighted by Crippen LogP contribution is -1.92. The zero-order valence-electron chi connectivity index (χ0n) is 8.75. The van der Waals surface area contributed by atoms with E-state index in [2.05, 4.69) is 45.0 Å². The SMILES string of the molecule is Cc1ccc(C2CC2C(C)C)cc1. The Morgan fingerprint density at radius 3 is 2.23 bits per heavy atom. The molecule has 0 N–H and O–H groups in total. The highest BCUT2D eigenvalue weighted by atomic mass is 14.4. The predicted octanol–water partition coefficient (Wildman–Crippen LogP) is 3.75. The fourth-order valence-electron chi connectivity index (χ4n) is 2.15. The molecule has 0 spiro atoms. The summed E-state index contributed by atoms with van der Waals surface area (Å²) in [7, 11) is 0. The third-order valence-corrected chi connectivity index (χ3v) is 3.20. The lowest BCUT2D eigenvalue weighted by Gasteiger charge is -2.03. The average Bonchev–Trinajstić information content (AvgIpc) is 2.85. The highest BCUT2D eigenvalue weighted by Gasteiger charge is 2.39. The molecule has 0 bridgehead atoms. The molecule has 13 heavy (non-hydrogen) atoms. The van der Waals surface area contributed by atoms with E-state index in [4.69, 9.17) is 0 Å². The molecule has 2 rings (SSSR count). The second-order valence-electron chi connectivity index (χ2n) is 4.66. The maximum atomic E-state index is 2.33. The standard InChI is InChI=1S/C13H18/c1-9(2)12-8-13(12)11-6-4-10(3)5-7-11/h4-7,9,12-13H,8H2,1-3H3. The Balaban J connectivity index is 2.08. The lowest BCUT2D eigenvalue weighted by atomic mass is 10.0. The minimum atomic E-state index is 0.853. The second-order valence-corrected chi connectivity index (χ2v) is 4.66. The predicted molar refractivity (Wildman–Crippen MR) is 56.9 cm³/mol. The molecule has 70 valence electrons. The summed E-state index contributed by atoms with van der Waals surface area (Å²) in [6, 6.07) is 9.04. The van der Waals surface area contributed by atoms with Gasteiger partial charge in [0.1, 0.15) is 0 Å². The second kappa shape index (κ2) is 3.17. The summed E-state index contributed by atoms with van der Waals surface area (Å²) in [5.41, 5.74) is 2.91. The molecule has 1 fully saturated rings. The molecule has 0 aliphatic heterocycles. The van der Waals surface area contributed by atoms with E-state index in [-0.39, 0.29) is 0 Å². The van der Waals surface area contributed by atoms with Gasteiger partial charge in [-0.05, 0) is 36.7 Å². The van der Waals surface area contributed by atoms with E-state index in [9.17, 15) is 0 Å². The molecule has 0 heteroatoms. The van der Waals surface area contributed by atoms with Crippen molar-refractivity contribution in [2.75, 3.05) is 0 Å². The van der Waals surface area contributed by atoms with Crippen molar-refractivity contribution in [3.8, 4) is 0 Å². The van der Waals surface area contributed by atoms with E-state index in [1.54, 1.807) is 5.56 Å². The van der Waals surface area contributed by atoms with E-state index in [1.165, 1.54) is 12.0 Å².